The third-order valence-electron chi connectivity index (χ3n) is 6.39. The number of hydrogen-bond donors (Lipinski definition) is 0. The lowest BCUT2D eigenvalue weighted by atomic mass is 9.73. The molecule has 9 heteroatoms. The molecule has 0 N–H and O–H groups in total. The van der Waals surface area contributed by atoms with E-state index in [1.54, 1.807) is 12.4 Å². The van der Waals surface area contributed by atoms with Crippen LogP contribution in [-0.4, -0.2) is 36.1 Å². The van der Waals surface area contributed by atoms with Gasteiger partial charge in [-0.25, -0.2) is 14.9 Å². The van der Waals surface area contributed by atoms with Crippen LogP contribution in [0.25, 0.3) is 0 Å². The van der Waals surface area contributed by atoms with Crippen LogP contribution in [0, 0.1) is 11.3 Å². The van der Waals surface area contributed by atoms with E-state index in [-0.39, 0.29) is 12.1 Å². The molecule has 2 aliphatic heterocycles. The highest BCUT2D eigenvalue weighted by Gasteiger charge is 2.43. The predicted octanol–water partition coefficient (Wildman–Crippen LogP) is 5.41. The molecule has 2 aliphatic rings. The number of carbonyl (C=O) groups excluding carboxylic acids is 1. The van der Waals surface area contributed by atoms with Crippen molar-refractivity contribution in [2.75, 3.05) is 25.1 Å². The van der Waals surface area contributed by atoms with Gasteiger partial charge in [-0.15, -0.1) is 0 Å². The third kappa shape index (κ3) is 5.54. The van der Waals surface area contributed by atoms with Crippen molar-refractivity contribution in [3.8, 4) is 0 Å². The lowest BCUT2D eigenvalue weighted by molar-refractivity contribution is -0.171. The lowest BCUT2D eigenvalue weighted by Crippen LogP contribution is -2.41. The molecule has 7 nitrogen and oxygen atoms in total. The number of piperidine rings is 1. The van der Waals surface area contributed by atoms with Gasteiger partial charge >= 0.3 is 5.97 Å². The molecule has 0 spiro atoms. The second kappa shape index (κ2) is 10.4. The normalized spacial score (nSPS) is 24.4. The van der Waals surface area contributed by atoms with E-state index in [0.717, 1.165) is 73.6 Å². The Morgan fingerprint density at radius 1 is 1.19 bits per heavy atom. The highest BCUT2D eigenvalue weighted by atomic mass is 35.5. The van der Waals surface area contributed by atoms with Crippen LogP contribution in [0.1, 0.15) is 50.7 Å². The van der Waals surface area contributed by atoms with Crippen molar-refractivity contribution in [2.24, 2.45) is 11.3 Å². The standard InChI is InChI=1S/C23H28ClN3O4S/c1-23(13-16-8-11-27(12-9-16)22-25-14-18(24)15-26-22)10-7-20(30-21(23)28)17-3-5-19(6-4-17)32-31-29-2/h3-6,14-16,20H,7-13H2,1-2H3. The summed E-state index contributed by atoms with van der Waals surface area (Å²) in [6.45, 7) is 3.83. The van der Waals surface area contributed by atoms with Crippen molar-refractivity contribution in [1.82, 2.24) is 9.97 Å². The molecule has 32 heavy (non-hydrogen) atoms. The molecular weight excluding hydrogens is 450 g/mol. The van der Waals surface area contributed by atoms with Crippen LogP contribution in [0.3, 0.4) is 0 Å². The highest BCUT2D eigenvalue weighted by Crippen LogP contribution is 2.44. The average Bonchev–Trinajstić information content (AvgIpc) is 2.81. The topological polar surface area (TPSA) is 73.8 Å². The van der Waals surface area contributed by atoms with Gasteiger partial charge in [-0.05, 0) is 62.6 Å². The van der Waals surface area contributed by atoms with E-state index < -0.39 is 5.41 Å². The maximum Gasteiger partial charge on any atom is 0.312 e. The van der Waals surface area contributed by atoms with Crippen molar-refractivity contribution >= 4 is 35.6 Å². The van der Waals surface area contributed by atoms with Crippen LogP contribution in [0.5, 0.6) is 0 Å². The van der Waals surface area contributed by atoms with Gasteiger partial charge in [-0.2, -0.15) is 4.33 Å². The number of benzene rings is 1. The van der Waals surface area contributed by atoms with Gasteiger partial charge in [0, 0.05) is 18.0 Å². The molecule has 0 saturated carbocycles. The fraction of sp³-hybridized carbons (Fsp3) is 0.522. The minimum absolute atomic E-state index is 0.0848. The summed E-state index contributed by atoms with van der Waals surface area (Å²) in [5, 5.41) is 0.542. The zero-order valence-corrected chi connectivity index (χ0v) is 19.9. The summed E-state index contributed by atoms with van der Waals surface area (Å²) >= 11 is 7.04. The monoisotopic (exact) mass is 477 g/mol. The van der Waals surface area contributed by atoms with Crippen LogP contribution in [0.2, 0.25) is 5.02 Å². The second-order valence-corrected chi connectivity index (χ2v) is 9.93. The van der Waals surface area contributed by atoms with E-state index in [1.165, 1.54) is 7.11 Å². The molecule has 4 rings (SSSR count). The van der Waals surface area contributed by atoms with Crippen LogP contribution in [0.4, 0.5) is 5.95 Å². The SMILES string of the molecule is COOSc1ccc(C2CCC(C)(CC3CCN(c4ncc(Cl)cn4)CC3)C(=O)O2)cc1. The van der Waals surface area contributed by atoms with Gasteiger partial charge in [0.25, 0.3) is 0 Å². The molecular formula is C23H28ClN3O4S. The molecule has 2 atom stereocenters. The summed E-state index contributed by atoms with van der Waals surface area (Å²) in [5.74, 6) is 1.13. The zero-order chi connectivity index (χ0) is 22.6. The molecule has 0 amide bonds. The van der Waals surface area contributed by atoms with E-state index in [2.05, 4.69) is 26.7 Å². The number of anilines is 1. The van der Waals surface area contributed by atoms with Gasteiger partial charge in [-0.3, -0.25) is 4.79 Å². The number of cyclic esters (lactones) is 1. The van der Waals surface area contributed by atoms with Gasteiger partial charge in [0.1, 0.15) is 6.10 Å². The van der Waals surface area contributed by atoms with E-state index in [9.17, 15) is 4.79 Å². The summed E-state index contributed by atoms with van der Waals surface area (Å²) < 4.78 is 10.8. The van der Waals surface area contributed by atoms with Gasteiger partial charge in [0.15, 0.2) is 0 Å². The Hall–Kier alpha value is -1.87. The van der Waals surface area contributed by atoms with Crippen molar-refractivity contribution in [1.29, 1.82) is 0 Å². The zero-order valence-electron chi connectivity index (χ0n) is 18.3. The Kier molecular flexibility index (Phi) is 7.55. The van der Waals surface area contributed by atoms with E-state index >= 15 is 0 Å². The Balaban J connectivity index is 1.29. The lowest BCUT2D eigenvalue weighted by Gasteiger charge is -2.40. The Labute approximate surface area is 197 Å². The number of carbonyl (C=O) groups is 1. The van der Waals surface area contributed by atoms with Crippen LogP contribution in [0.15, 0.2) is 41.6 Å². The Bertz CT molecular complexity index is 906. The summed E-state index contributed by atoms with van der Waals surface area (Å²) in [6.07, 6.45) is 7.62. The highest BCUT2D eigenvalue weighted by molar-refractivity contribution is 7.94. The fourth-order valence-electron chi connectivity index (χ4n) is 4.56. The number of rotatable bonds is 7. The molecule has 1 aromatic heterocycles. The maximum absolute atomic E-state index is 13.0. The van der Waals surface area contributed by atoms with Gasteiger partial charge in [0.2, 0.25) is 5.95 Å². The van der Waals surface area contributed by atoms with Crippen molar-refractivity contribution in [3.63, 3.8) is 0 Å². The first-order valence-electron chi connectivity index (χ1n) is 10.9. The van der Waals surface area contributed by atoms with Crippen molar-refractivity contribution in [2.45, 2.75) is 50.0 Å². The number of esters is 1. The average molecular weight is 478 g/mol. The minimum Gasteiger partial charge on any atom is -0.457 e. The Morgan fingerprint density at radius 2 is 1.88 bits per heavy atom. The van der Waals surface area contributed by atoms with Gasteiger partial charge in [0.05, 0.1) is 42.0 Å². The first-order chi connectivity index (χ1) is 15.5. The molecule has 0 aliphatic carbocycles. The number of hydrogen-bond acceptors (Lipinski definition) is 8. The molecule has 1 aromatic carbocycles. The first-order valence-corrected chi connectivity index (χ1v) is 12.0. The third-order valence-corrected chi connectivity index (χ3v) is 7.26. The number of aromatic nitrogens is 2. The molecule has 0 radical (unpaired) electrons. The largest absolute Gasteiger partial charge is 0.457 e. The molecule has 2 unspecified atom stereocenters. The molecule has 2 fully saturated rings. The van der Waals surface area contributed by atoms with Gasteiger partial charge < -0.3 is 9.64 Å². The summed E-state index contributed by atoms with van der Waals surface area (Å²) in [7, 11) is 1.47. The molecule has 2 aromatic rings. The second-order valence-electron chi connectivity index (χ2n) is 8.72. The summed E-state index contributed by atoms with van der Waals surface area (Å²) in [4.78, 5) is 29.4. The first kappa shape index (κ1) is 23.3. The predicted molar refractivity (Wildman–Crippen MR) is 123 cm³/mol. The van der Waals surface area contributed by atoms with Crippen molar-refractivity contribution < 1.29 is 18.8 Å². The van der Waals surface area contributed by atoms with E-state index in [1.807, 2.05) is 24.3 Å². The van der Waals surface area contributed by atoms with E-state index in [0.29, 0.717) is 10.9 Å². The summed E-state index contributed by atoms with van der Waals surface area (Å²) in [5.41, 5.74) is 0.584. The smallest absolute Gasteiger partial charge is 0.312 e. The van der Waals surface area contributed by atoms with E-state index in [4.69, 9.17) is 20.7 Å². The number of ether oxygens (including phenoxy) is 1. The van der Waals surface area contributed by atoms with Crippen LogP contribution in [-0.2, 0) is 18.8 Å². The molecule has 172 valence electrons. The number of nitrogens with zero attached hydrogens (tertiary/aromatic N) is 3. The molecule has 0 bridgehead atoms. The maximum atomic E-state index is 13.0. The molecule has 3 heterocycles. The van der Waals surface area contributed by atoms with Crippen LogP contribution < -0.4 is 4.90 Å². The van der Waals surface area contributed by atoms with Crippen LogP contribution >= 0.6 is 23.6 Å². The van der Waals surface area contributed by atoms with Crippen molar-refractivity contribution in [3.05, 3.63) is 47.2 Å². The number of halogens is 1. The quantitative estimate of drug-likeness (QED) is 0.227. The minimum atomic E-state index is -0.428. The fourth-order valence-corrected chi connectivity index (χ4v) is 5.05. The van der Waals surface area contributed by atoms with Gasteiger partial charge in [-0.1, -0.05) is 23.7 Å². The summed E-state index contributed by atoms with van der Waals surface area (Å²) in [6, 6.07) is 7.85. The Morgan fingerprint density at radius 3 is 2.50 bits per heavy atom. The molecule has 2 saturated heterocycles.